The maximum Gasteiger partial charge on any atom is 0.253 e. The highest BCUT2D eigenvalue weighted by Gasteiger charge is 2.34. The first kappa shape index (κ1) is 13.4. The average molecular weight is 314 g/mol. The molecular formula is C13H16BrNO3. The Morgan fingerprint density at radius 3 is 2.78 bits per heavy atom. The van der Waals surface area contributed by atoms with Gasteiger partial charge in [0.15, 0.2) is 0 Å². The molecule has 0 bridgehead atoms. The molecule has 0 spiro atoms. The Bertz CT molecular complexity index is 473. The molecule has 1 aliphatic heterocycles. The number of nitrogens with zero attached hydrogens (tertiary/aromatic N) is 1. The molecule has 1 aromatic carbocycles. The van der Waals surface area contributed by atoms with Crippen LogP contribution in [0.5, 0.6) is 5.75 Å². The van der Waals surface area contributed by atoms with Crippen LogP contribution in [0, 0.1) is 0 Å². The maximum atomic E-state index is 12.2. The number of carbonyl (C=O) groups excluding carboxylic acids is 1. The molecule has 1 fully saturated rings. The van der Waals surface area contributed by atoms with Gasteiger partial charge in [0.1, 0.15) is 5.75 Å². The number of rotatable bonds is 2. The molecule has 18 heavy (non-hydrogen) atoms. The number of halogens is 1. The third kappa shape index (κ3) is 2.67. The van der Waals surface area contributed by atoms with Crippen molar-refractivity contribution < 1.29 is 14.6 Å². The fourth-order valence-corrected chi connectivity index (χ4v) is 2.64. The molecule has 2 rings (SSSR count). The highest BCUT2D eigenvalue weighted by molar-refractivity contribution is 9.10. The summed E-state index contributed by atoms with van der Waals surface area (Å²) in [5.41, 5.74) is -0.167. The molecule has 98 valence electrons. The van der Waals surface area contributed by atoms with Crippen LogP contribution >= 0.6 is 15.9 Å². The second-order valence-corrected chi connectivity index (χ2v) is 5.68. The lowest BCUT2D eigenvalue weighted by atomic mass is 10.1. The number of carbonyl (C=O) groups is 1. The molecule has 5 heteroatoms. The van der Waals surface area contributed by atoms with Crippen LogP contribution in [-0.2, 0) is 0 Å². The minimum atomic E-state index is -0.765. The number of hydrogen-bond acceptors (Lipinski definition) is 3. The van der Waals surface area contributed by atoms with E-state index in [1.165, 1.54) is 0 Å². The van der Waals surface area contributed by atoms with Gasteiger partial charge in [-0.15, -0.1) is 0 Å². The molecule has 1 aromatic rings. The zero-order chi connectivity index (χ0) is 13.3. The van der Waals surface area contributed by atoms with Crippen molar-refractivity contribution in [1.29, 1.82) is 0 Å². The molecule has 1 atom stereocenters. The Hall–Kier alpha value is -1.07. The predicted octanol–water partition coefficient (Wildman–Crippen LogP) is 2.05. The van der Waals surface area contributed by atoms with E-state index in [1.54, 1.807) is 37.1 Å². The van der Waals surface area contributed by atoms with Crippen LogP contribution in [-0.4, -0.2) is 41.7 Å². The van der Waals surface area contributed by atoms with Crippen LogP contribution < -0.4 is 4.74 Å². The van der Waals surface area contributed by atoms with Crippen molar-refractivity contribution in [3.05, 3.63) is 28.2 Å². The van der Waals surface area contributed by atoms with E-state index in [2.05, 4.69) is 15.9 Å². The van der Waals surface area contributed by atoms with E-state index in [4.69, 9.17) is 4.74 Å². The van der Waals surface area contributed by atoms with E-state index in [9.17, 15) is 9.90 Å². The quantitative estimate of drug-likeness (QED) is 0.909. The first-order chi connectivity index (χ1) is 8.43. The number of β-amino-alcohol motifs (C(OH)–C–C–N with tert-alkyl or cyclic N) is 1. The van der Waals surface area contributed by atoms with Crippen LogP contribution in [0.25, 0.3) is 0 Å². The normalized spacial score (nSPS) is 23.2. The van der Waals surface area contributed by atoms with E-state index in [0.29, 0.717) is 30.8 Å². The number of likely N-dealkylation sites (tertiary alicyclic amines) is 1. The third-order valence-electron chi connectivity index (χ3n) is 3.14. The Kier molecular flexibility index (Phi) is 3.64. The summed E-state index contributed by atoms with van der Waals surface area (Å²) in [5.74, 6) is 0.635. The summed E-state index contributed by atoms with van der Waals surface area (Å²) < 4.78 is 5.88. The lowest BCUT2D eigenvalue weighted by Gasteiger charge is -2.19. The van der Waals surface area contributed by atoms with Gasteiger partial charge in [0.2, 0.25) is 0 Å². The lowest BCUT2D eigenvalue weighted by Crippen LogP contribution is -2.33. The van der Waals surface area contributed by atoms with Crippen LogP contribution in [0.15, 0.2) is 22.7 Å². The molecular weight excluding hydrogens is 298 g/mol. The molecule has 0 saturated carbocycles. The van der Waals surface area contributed by atoms with Crippen molar-refractivity contribution in [1.82, 2.24) is 4.90 Å². The molecule has 1 aliphatic rings. The van der Waals surface area contributed by atoms with E-state index < -0.39 is 5.60 Å². The summed E-state index contributed by atoms with van der Waals surface area (Å²) in [5, 5.41) is 9.87. The van der Waals surface area contributed by atoms with E-state index in [0.717, 1.165) is 4.47 Å². The van der Waals surface area contributed by atoms with Gasteiger partial charge in [-0.2, -0.15) is 0 Å². The smallest absolute Gasteiger partial charge is 0.253 e. The zero-order valence-corrected chi connectivity index (χ0v) is 12.0. The van der Waals surface area contributed by atoms with Gasteiger partial charge in [0, 0.05) is 18.7 Å². The van der Waals surface area contributed by atoms with Crippen LogP contribution in [0.3, 0.4) is 0 Å². The van der Waals surface area contributed by atoms with Gasteiger partial charge in [-0.3, -0.25) is 4.79 Å². The van der Waals surface area contributed by atoms with Crippen LogP contribution in [0.2, 0.25) is 0 Å². The zero-order valence-electron chi connectivity index (χ0n) is 10.4. The topological polar surface area (TPSA) is 49.8 Å². The predicted molar refractivity (Wildman–Crippen MR) is 71.8 cm³/mol. The first-order valence-electron chi connectivity index (χ1n) is 5.78. The lowest BCUT2D eigenvalue weighted by molar-refractivity contribution is 0.0572. The minimum Gasteiger partial charge on any atom is -0.496 e. The number of ether oxygens (including phenoxy) is 1. The van der Waals surface area contributed by atoms with Gasteiger partial charge in [0.05, 0.1) is 17.2 Å². The number of aliphatic hydroxyl groups is 1. The summed E-state index contributed by atoms with van der Waals surface area (Å²) in [6, 6.07) is 5.23. The second-order valence-electron chi connectivity index (χ2n) is 4.82. The van der Waals surface area contributed by atoms with Crippen molar-refractivity contribution >= 4 is 21.8 Å². The summed E-state index contributed by atoms with van der Waals surface area (Å²) >= 11 is 3.36. The van der Waals surface area contributed by atoms with Gasteiger partial charge >= 0.3 is 0 Å². The van der Waals surface area contributed by atoms with Crippen molar-refractivity contribution in [2.24, 2.45) is 0 Å². The van der Waals surface area contributed by atoms with Crippen molar-refractivity contribution in [3.8, 4) is 5.75 Å². The highest BCUT2D eigenvalue weighted by Crippen LogP contribution is 2.27. The molecule has 1 N–H and O–H groups in total. The summed E-state index contributed by atoms with van der Waals surface area (Å²) in [7, 11) is 1.58. The van der Waals surface area contributed by atoms with Gasteiger partial charge in [0.25, 0.3) is 5.91 Å². The average Bonchev–Trinajstić information content (AvgIpc) is 2.68. The fourth-order valence-electron chi connectivity index (χ4n) is 2.10. The monoisotopic (exact) mass is 313 g/mol. The molecule has 1 saturated heterocycles. The van der Waals surface area contributed by atoms with Gasteiger partial charge in [-0.05, 0) is 47.5 Å². The van der Waals surface area contributed by atoms with Crippen LogP contribution in [0.4, 0.5) is 0 Å². The SMILES string of the molecule is COc1ccc(C(=O)N2CCC(C)(O)C2)cc1Br. The number of amides is 1. The third-order valence-corrected chi connectivity index (χ3v) is 3.76. The Morgan fingerprint density at radius 2 is 2.28 bits per heavy atom. The van der Waals surface area contributed by atoms with Gasteiger partial charge in [-0.1, -0.05) is 0 Å². The first-order valence-corrected chi connectivity index (χ1v) is 6.57. The van der Waals surface area contributed by atoms with Gasteiger partial charge < -0.3 is 14.7 Å². The van der Waals surface area contributed by atoms with E-state index in [-0.39, 0.29) is 5.91 Å². The number of benzene rings is 1. The maximum absolute atomic E-state index is 12.2. The highest BCUT2D eigenvalue weighted by atomic mass is 79.9. The number of methoxy groups -OCH3 is 1. The summed E-state index contributed by atoms with van der Waals surface area (Å²) in [6.07, 6.45) is 0.621. The molecule has 4 nitrogen and oxygen atoms in total. The van der Waals surface area contributed by atoms with Crippen molar-refractivity contribution in [2.45, 2.75) is 18.9 Å². The molecule has 1 amide bonds. The fraction of sp³-hybridized carbons (Fsp3) is 0.462. The van der Waals surface area contributed by atoms with Crippen molar-refractivity contribution in [3.63, 3.8) is 0 Å². The van der Waals surface area contributed by atoms with Gasteiger partial charge in [-0.25, -0.2) is 0 Å². The Morgan fingerprint density at radius 1 is 1.56 bits per heavy atom. The number of hydrogen-bond donors (Lipinski definition) is 1. The summed E-state index contributed by atoms with van der Waals surface area (Å²) in [6.45, 7) is 2.73. The summed E-state index contributed by atoms with van der Waals surface area (Å²) in [4.78, 5) is 13.9. The molecule has 0 radical (unpaired) electrons. The Labute approximate surface area is 115 Å². The largest absolute Gasteiger partial charge is 0.496 e. The molecule has 1 heterocycles. The molecule has 1 unspecified atom stereocenters. The van der Waals surface area contributed by atoms with Crippen molar-refractivity contribution in [2.75, 3.05) is 20.2 Å². The molecule has 0 aliphatic carbocycles. The molecule has 0 aromatic heterocycles. The minimum absolute atomic E-state index is 0.0591. The van der Waals surface area contributed by atoms with E-state index >= 15 is 0 Å². The Balaban J connectivity index is 2.17. The van der Waals surface area contributed by atoms with Crippen LogP contribution in [0.1, 0.15) is 23.7 Å². The van der Waals surface area contributed by atoms with E-state index in [1.807, 2.05) is 0 Å². The second kappa shape index (κ2) is 4.90. The standard InChI is InChI=1S/C13H16BrNO3/c1-13(17)5-6-15(8-13)12(16)9-3-4-11(18-2)10(14)7-9/h3-4,7,17H,5-6,8H2,1-2H3.